The van der Waals surface area contributed by atoms with E-state index in [1.807, 2.05) is 33.8 Å². The maximum Gasteiger partial charge on any atom is 0.243 e. The first-order chi connectivity index (χ1) is 13.6. The van der Waals surface area contributed by atoms with Gasteiger partial charge in [0.2, 0.25) is 15.9 Å². The lowest BCUT2D eigenvalue weighted by Gasteiger charge is -2.35. The Hall–Kier alpha value is -2.25. The van der Waals surface area contributed by atoms with Crippen LogP contribution in [0, 0.1) is 33.5 Å². The van der Waals surface area contributed by atoms with E-state index in [9.17, 15) is 17.6 Å². The molecule has 7 heteroatoms. The predicted molar refractivity (Wildman–Crippen MR) is 111 cm³/mol. The van der Waals surface area contributed by atoms with Crippen LogP contribution in [0.25, 0.3) is 0 Å². The molecular formula is C22H27FN2O3S. The predicted octanol–water partition coefficient (Wildman–Crippen LogP) is 3.13. The second-order valence-corrected chi connectivity index (χ2v) is 9.56. The van der Waals surface area contributed by atoms with Gasteiger partial charge in [-0.3, -0.25) is 4.79 Å². The molecule has 1 heterocycles. The molecule has 1 aliphatic rings. The van der Waals surface area contributed by atoms with Crippen LogP contribution in [0.5, 0.6) is 0 Å². The molecule has 0 spiro atoms. The number of carbonyl (C=O) groups excluding carboxylic acids is 1. The highest BCUT2D eigenvalue weighted by Crippen LogP contribution is 2.29. The number of amides is 1. The van der Waals surface area contributed by atoms with Crippen LogP contribution in [-0.2, 0) is 21.2 Å². The minimum absolute atomic E-state index is 0.111. The zero-order valence-corrected chi connectivity index (χ0v) is 18.1. The maximum atomic E-state index is 13.3. The molecule has 0 bridgehead atoms. The second-order valence-electron chi connectivity index (χ2n) is 7.68. The Morgan fingerprint density at radius 2 is 1.55 bits per heavy atom. The molecule has 0 unspecified atom stereocenters. The molecule has 1 aliphatic heterocycles. The lowest BCUT2D eigenvalue weighted by Crippen LogP contribution is -2.51. The summed E-state index contributed by atoms with van der Waals surface area (Å²) in [5.41, 5.74) is 4.08. The first-order valence-electron chi connectivity index (χ1n) is 9.71. The normalized spacial score (nSPS) is 15.6. The smallest absolute Gasteiger partial charge is 0.243 e. The van der Waals surface area contributed by atoms with Gasteiger partial charge in [-0.15, -0.1) is 0 Å². The van der Waals surface area contributed by atoms with Crippen LogP contribution in [0.2, 0.25) is 0 Å². The van der Waals surface area contributed by atoms with Gasteiger partial charge in [0.25, 0.3) is 0 Å². The monoisotopic (exact) mass is 418 g/mol. The Morgan fingerprint density at radius 1 is 0.966 bits per heavy atom. The molecule has 3 rings (SSSR count). The van der Waals surface area contributed by atoms with Gasteiger partial charge in [-0.05, 0) is 67.6 Å². The van der Waals surface area contributed by atoms with Crippen molar-refractivity contribution in [3.8, 4) is 0 Å². The van der Waals surface area contributed by atoms with E-state index < -0.39 is 10.0 Å². The van der Waals surface area contributed by atoms with E-state index in [0.717, 1.165) is 22.3 Å². The number of hydrogen-bond acceptors (Lipinski definition) is 3. The van der Waals surface area contributed by atoms with Gasteiger partial charge >= 0.3 is 0 Å². The van der Waals surface area contributed by atoms with E-state index >= 15 is 0 Å². The van der Waals surface area contributed by atoms with E-state index in [1.165, 1.54) is 16.4 Å². The molecule has 0 saturated carbocycles. The van der Waals surface area contributed by atoms with Crippen molar-refractivity contribution in [1.82, 2.24) is 9.21 Å². The van der Waals surface area contributed by atoms with Crippen molar-refractivity contribution in [2.24, 2.45) is 0 Å². The first kappa shape index (κ1) is 21.5. The number of rotatable bonds is 4. The topological polar surface area (TPSA) is 57.7 Å². The van der Waals surface area contributed by atoms with Gasteiger partial charge in [0.1, 0.15) is 5.82 Å². The summed E-state index contributed by atoms with van der Waals surface area (Å²) in [6.07, 6.45) is 0.111. The van der Waals surface area contributed by atoms with Gasteiger partial charge in [-0.25, -0.2) is 12.8 Å². The van der Waals surface area contributed by atoms with E-state index in [-0.39, 0.29) is 31.2 Å². The summed E-state index contributed by atoms with van der Waals surface area (Å²) in [6, 6.07) is 8.00. The van der Waals surface area contributed by atoms with E-state index in [1.54, 1.807) is 17.0 Å². The summed E-state index contributed by atoms with van der Waals surface area (Å²) in [5.74, 6) is -0.489. The van der Waals surface area contributed by atoms with Gasteiger partial charge in [0, 0.05) is 26.2 Å². The third-order valence-electron chi connectivity index (χ3n) is 5.73. The number of sulfonamides is 1. The van der Waals surface area contributed by atoms with Crippen molar-refractivity contribution < 1.29 is 17.6 Å². The lowest BCUT2D eigenvalue weighted by atomic mass is 10.0. The second kappa shape index (κ2) is 8.24. The minimum Gasteiger partial charge on any atom is -0.340 e. The molecular weight excluding hydrogens is 391 g/mol. The van der Waals surface area contributed by atoms with Gasteiger partial charge in [0.15, 0.2) is 0 Å². The largest absolute Gasteiger partial charge is 0.340 e. The van der Waals surface area contributed by atoms with Crippen LogP contribution in [0.15, 0.2) is 35.2 Å². The van der Waals surface area contributed by atoms with Gasteiger partial charge in [0.05, 0.1) is 11.3 Å². The van der Waals surface area contributed by atoms with Crippen molar-refractivity contribution >= 4 is 15.9 Å². The SMILES string of the molecule is Cc1cc(C)c(C)c(S(=O)(=O)N2CCN(C(=O)Cc3cccc(F)c3)CC2)c1C. The maximum absolute atomic E-state index is 13.3. The summed E-state index contributed by atoms with van der Waals surface area (Å²) in [6.45, 7) is 8.69. The van der Waals surface area contributed by atoms with Gasteiger partial charge in [-0.2, -0.15) is 4.31 Å². The molecule has 1 amide bonds. The van der Waals surface area contributed by atoms with Crippen LogP contribution in [0.1, 0.15) is 27.8 Å². The third-order valence-corrected chi connectivity index (χ3v) is 7.90. The molecule has 29 heavy (non-hydrogen) atoms. The number of hydrogen-bond donors (Lipinski definition) is 0. The Morgan fingerprint density at radius 3 is 2.10 bits per heavy atom. The molecule has 0 N–H and O–H groups in total. The van der Waals surface area contributed by atoms with Crippen molar-refractivity contribution in [2.45, 2.75) is 39.0 Å². The fourth-order valence-electron chi connectivity index (χ4n) is 3.81. The summed E-state index contributed by atoms with van der Waals surface area (Å²) < 4.78 is 41.4. The summed E-state index contributed by atoms with van der Waals surface area (Å²) in [5, 5.41) is 0. The van der Waals surface area contributed by atoms with Crippen molar-refractivity contribution in [3.63, 3.8) is 0 Å². The molecule has 0 radical (unpaired) electrons. The highest BCUT2D eigenvalue weighted by molar-refractivity contribution is 7.89. The van der Waals surface area contributed by atoms with Crippen LogP contribution in [0.3, 0.4) is 0 Å². The number of carbonyl (C=O) groups is 1. The Labute approximate surface area is 172 Å². The molecule has 2 aromatic rings. The van der Waals surface area contributed by atoms with E-state index in [2.05, 4.69) is 0 Å². The molecule has 1 fully saturated rings. The Kier molecular flexibility index (Phi) is 6.10. The first-order valence-corrected chi connectivity index (χ1v) is 11.1. The van der Waals surface area contributed by atoms with E-state index in [4.69, 9.17) is 0 Å². The molecule has 0 aromatic heterocycles. The van der Waals surface area contributed by atoms with Crippen molar-refractivity contribution in [1.29, 1.82) is 0 Å². The zero-order valence-electron chi connectivity index (χ0n) is 17.3. The molecule has 0 aliphatic carbocycles. The fraction of sp³-hybridized carbons (Fsp3) is 0.409. The average molecular weight is 419 g/mol. The number of piperazine rings is 1. The van der Waals surface area contributed by atoms with E-state index in [0.29, 0.717) is 23.5 Å². The van der Waals surface area contributed by atoms with Crippen LogP contribution < -0.4 is 0 Å². The van der Waals surface area contributed by atoms with Gasteiger partial charge in [-0.1, -0.05) is 18.2 Å². The van der Waals surface area contributed by atoms with Crippen molar-refractivity contribution in [2.75, 3.05) is 26.2 Å². The minimum atomic E-state index is -3.64. The standard InChI is InChI=1S/C22H27FN2O3S/c1-15-12-16(2)18(4)22(17(15)3)29(27,28)25-10-8-24(9-11-25)21(26)14-19-6-5-7-20(23)13-19/h5-7,12-13H,8-11,14H2,1-4H3. The zero-order chi connectivity index (χ0) is 21.3. The number of nitrogens with zero attached hydrogens (tertiary/aromatic N) is 2. The summed E-state index contributed by atoms with van der Waals surface area (Å²) >= 11 is 0. The van der Waals surface area contributed by atoms with Crippen molar-refractivity contribution in [3.05, 3.63) is 64.0 Å². The summed E-state index contributed by atoms with van der Waals surface area (Å²) in [4.78, 5) is 14.6. The Balaban J connectivity index is 1.73. The highest BCUT2D eigenvalue weighted by atomic mass is 32.2. The van der Waals surface area contributed by atoms with Crippen LogP contribution >= 0.6 is 0 Å². The third kappa shape index (κ3) is 4.36. The summed E-state index contributed by atoms with van der Waals surface area (Å²) in [7, 11) is -3.64. The molecule has 156 valence electrons. The number of halogens is 1. The average Bonchev–Trinajstić information content (AvgIpc) is 2.66. The lowest BCUT2D eigenvalue weighted by molar-refractivity contribution is -0.131. The highest BCUT2D eigenvalue weighted by Gasteiger charge is 2.32. The quantitative estimate of drug-likeness (QED) is 0.767. The number of aryl methyl sites for hydroxylation is 2. The van der Waals surface area contributed by atoms with Crippen LogP contribution in [-0.4, -0.2) is 49.7 Å². The van der Waals surface area contributed by atoms with Gasteiger partial charge < -0.3 is 4.90 Å². The molecule has 1 saturated heterocycles. The Bertz CT molecular complexity index is 1020. The number of benzene rings is 2. The fourth-order valence-corrected chi connectivity index (χ4v) is 5.81. The van der Waals surface area contributed by atoms with Crippen LogP contribution in [0.4, 0.5) is 4.39 Å². The molecule has 5 nitrogen and oxygen atoms in total. The molecule has 0 atom stereocenters. The molecule has 2 aromatic carbocycles.